The van der Waals surface area contributed by atoms with Crippen molar-refractivity contribution in [3.05, 3.63) is 35.0 Å². The number of aromatic nitrogens is 1. The van der Waals surface area contributed by atoms with Crippen LogP contribution in [0.2, 0.25) is 0 Å². The second-order valence-corrected chi connectivity index (χ2v) is 6.98. The van der Waals surface area contributed by atoms with E-state index in [1.54, 1.807) is 0 Å². The fourth-order valence-corrected chi connectivity index (χ4v) is 4.42. The number of benzene rings is 1. The van der Waals surface area contributed by atoms with E-state index < -0.39 is 0 Å². The van der Waals surface area contributed by atoms with Gasteiger partial charge in [0.15, 0.2) is 0 Å². The molecular weight excluding hydrogens is 268 g/mol. The zero-order chi connectivity index (χ0) is 14.9. The fraction of sp³-hybridized carbons (Fsp3) is 0.550. The average molecular weight is 294 g/mol. The number of hydrogen-bond acceptors (Lipinski definition) is 2. The lowest BCUT2D eigenvalue weighted by atomic mass is 9.83. The van der Waals surface area contributed by atoms with E-state index in [4.69, 9.17) is 4.98 Å². The van der Waals surface area contributed by atoms with Crippen molar-refractivity contribution in [2.24, 2.45) is 0 Å². The lowest BCUT2D eigenvalue weighted by Gasteiger charge is -2.24. The molecule has 0 spiro atoms. The van der Waals surface area contributed by atoms with E-state index >= 15 is 0 Å². The molecule has 22 heavy (non-hydrogen) atoms. The number of fused-ring (bicyclic) bond motifs is 2. The highest BCUT2D eigenvalue weighted by Gasteiger charge is 2.20. The third kappa shape index (κ3) is 2.39. The van der Waals surface area contributed by atoms with E-state index in [2.05, 4.69) is 30.6 Å². The number of aryl methyl sites for hydroxylation is 1. The van der Waals surface area contributed by atoms with E-state index in [-0.39, 0.29) is 0 Å². The highest BCUT2D eigenvalue weighted by Crippen LogP contribution is 2.37. The molecule has 2 aromatic rings. The first-order valence-electron chi connectivity index (χ1n) is 9.00. The SMILES string of the molecule is CNc1c2c(nc3ccc(C4CCCCC4)cc13)CCCC2. The molecule has 0 saturated heterocycles. The minimum absolute atomic E-state index is 0.763. The minimum atomic E-state index is 0.763. The maximum Gasteiger partial charge on any atom is 0.0726 e. The van der Waals surface area contributed by atoms with Gasteiger partial charge in [0.05, 0.1) is 5.52 Å². The summed E-state index contributed by atoms with van der Waals surface area (Å²) in [5.41, 5.74) is 6.85. The quantitative estimate of drug-likeness (QED) is 0.823. The Morgan fingerprint density at radius 1 is 1.00 bits per heavy atom. The Labute approximate surface area is 133 Å². The number of anilines is 1. The zero-order valence-corrected chi connectivity index (χ0v) is 13.6. The lowest BCUT2D eigenvalue weighted by molar-refractivity contribution is 0.444. The van der Waals surface area contributed by atoms with Crippen LogP contribution in [0.1, 0.15) is 67.7 Å². The molecule has 116 valence electrons. The van der Waals surface area contributed by atoms with Crippen molar-refractivity contribution in [1.82, 2.24) is 4.98 Å². The Kier molecular flexibility index (Phi) is 3.77. The summed E-state index contributed by atoms with van der Waals surface area (Å²) in [6.07, 6.45) is 11.8. The van der Waals surface area contributed by atoms with Crippen LogP contribution < -0.4 is 5.32 Å². The third-order valence-electron chi connectivity index (χ3n) is 5.61. The number of pyridine rings is 1. The highest BCUT2D eigenvalue weighted by molar-refractivity contribution is 5.94. The first-order valence-corrected chi connectivity index (χ1v) is 9.00. The van der Waals surface area contributed by atoms with Crippen molar-refractivity contribution < 1.29 is 0 Å². The van der Waals surface area contributed by atoms with E-state index in [0.29, 0.717) is 0 Å². The molecule has 0 unspecified atom stereocenters. The van der Waals surface area contributed by atoms with Gasteiger partial charge in [0.2, 0.25) is 0 Å². The van der Waals surface area contributed by atoms with Crippen molar-refractivity contribution in [2.75, 3.05) is 12.4 Å². The van der Waals surface area contributed by atoms with Gasteiger partial charge in [-0.3, -0.25) is 4.98 Å². The highest BCUT2D eigenvalue weighted by atomic mass is 14.9. The van der Waals surface area contributed by atoms with E-state index in [1.165, 1.54) is 84.8 Å². The topological polar surface area (TPSA) is 24.9 Å². The maximum atomic E-state index is 4.97. The van der Waals surface area contributed by atoms with Crippen LogP contribution in [0.3, 0.4) is 0 Å². The molecule has 1 aromatic carbocycles. The van der Waals surface area contributed by atoms with Gasteiger partial charge in [0.25, 0.3) is 0 Å². The van der Waals surface area contributed by atoms with Gasteiger partial charge in [-0.15, -0.1) is 0 Å². The van der Waals surface area contributed by atoms with Crippen molar-refractivity contribution in [3.63, 3.8) is 0 Å². The van der Waals surface area contributed by atoms with Crippen LogP contribution in [0.15, 0.2) is 18.2 Å². The van der Waals surface area contributed by atoms with Crippen LogP contribution in [0.25, 0.3) is 10.9 Å². The molecule has 2 heteroatoms. The molecule has 1 fully saturated rings. The second-order valence-electron chi connectivity index (χ2n) is 6.98. The predicted octanol–water partition coefficient (Wildman–Crippen LogP) is 5.20. The molecule has 2 aliphatic carbocycles. The first kappa shape index (κ1) is 14.0. The number of hydrogen-bond donors (Lipinski definition) is 1. The molecule has 0 atom stereocenters. The number of nitrogens with one attached hydrogen (secondary N) is 1. The Hall–Kier alpha value is -1.57. The Bertz CT molecular complexity index is 684. The Morgan fingerprint density at radius 3 is 2.64 bits per heavy atom. The number of rotatable bonds is 2. The summed E-state index contributed by atoms with van der Waals surface area (Å²) in [5.74, 6) is 0.763. The Morgan fingerprint density at radius 2 is 1.82 bits per heavy atom. The lowest BCUT2D eigenvalue weighted by Crippen LogP contribution is -2.10. The normalized spacial score (nSPS) is 19.1. The standard InChI is InChI=1S/C20H26N2/c1-21-20-16-9-5-6-10-18(16)22-19-12-11-15(13-17(19)20)14-7-3-2-4-8-14/h11-14H,2-10H2,1H3,(H,21,22). The van der Waals surface area contributed by atoms with Crippen LogP contribution in [0.4, 0.5) is 5.69 Å². The van der Waals surface area contributed by atoms with Crippen molar-refractivity contribution in [1.29, 1.82) is 0 Å². The van der Waals surface area contributed by atoms with Gasteiger partial charge in [0.1, 0.15) is 0 Å². The second kappa shape index (κ2) is 5.91. The van der Waals surface area contributed by atoms with Gasteiger partial charge in [-0.2, -0.15) is 0 Å². The zero-order valence-electron chi connectivity index (χ0n) is 13.6. The summed E-state index contributed by atoms with van der Waals surface area (Å²) < 4.78 is 0. The fourth-order valence-electron chi connectivity index (χ4n) is 4.42. The molecule has 1 N–H and O–H groups in total. The summed E-state index contributed by atoms with van der Waals surface area (Å²) in [5, 5.41) is 4.83. The predicted molar refractivity (Wildman–Crippen MR) is 93.8 cm³/mol. The van der Waals surface area contributed by atoms with Gasteiger partial charge in [0, 0.05) is 23.8 Å². The largest absolute Gasteiger partial charge is 0.387 e. The van der Waals surface area contributed by atoms with Crippen LogP contribution in [-0.4, -0.2) is 12.0 Å². The van der Waals surface area contributed by atoms with Crippen molar-refractivity contribution in [3.8, 4) is 0 Å². The Balaban J connectivity index is 1.83. The number of nitrogens with zero attached hydrogens (tertiary/aromatic N) is 1. The maximum absolute atomic E-state index is 4.97. The van der Waals surface area contributed by atoms with Crippen LogP contribution in [0.5, 0.6) is 0 Å². The van der Waals surface area contributed by atoms with E-state index in [0.717, 1.165) is 12.3 Å². The molecular formula is C20H26N2. The van der Waals surface area contributed by atoms with Gasteiger partial charge < -0.3 is 5.32 Å². The monoisotopic (exact) mass is 294 g/mol. The molecule has 2 nitrogen and oxygen atoms in total. The molecule has 0 bridgehead atoms. The van der Waals surface area contributed by atoms with Gasteiger partial charge >= 0.3 is 0 Å². The smallest absolute Gasteiger partial charge is 0.0726 e. The van der Waals surface area contributed by atoms with Gasteiger partial charge in [-0.05, 0) is 67.7 Å². The summed E-state index contributed by atoms with van der Waals surface area (Å²) in [7, 11) is 2.07. The van der Waals surface area contributed by atoms with Crippen LogP contribution in [0, 0.1) is 0 Å². The van der Waals surface area contributed by atoms with Gasteiger partial charge in [-0.1, -0.05) is 25.3 Å². The molecule has 1 saturated carbocycles. The van der Waals surface area contributed by atoms with Crippen LogP contribution >= 0.6 is 0 Å². The minimum Gasteiger partial charge on any atom is -0.387 e. The third-order valence-corrected chi connectivity index (χ3v) is 5.61. The summed E-state index contributed by atoms with van der Waals surface area (Å²) in [4.78, 5) is 4.97. The molecule has 1 aromatic heterocycles. The summed E-state index contributed by atoms with van der Waals surface area (Å²) in [6.45, 7) is 0. The molecule has 0 amide bonds. The van der Waals surface area contributed by atoms with Gasteiger partial charge in [-0.25, -0.2) is 0 Å². The molecule has 1 heterocycles. The summed E-state index contributed by atoms with van der Waals surface area (Å²) >= 11 is 0. The van der Waals surface area contributed by atoms with Crippen molar-refractivity contribution in [2.45, 2.75) is 63.7 Å². The molecule has 4 rings (SSSR count). The molecule has 0 radical (unpaired) electrons. The molecule has 0 aliphatic heterocycles. The van der Waals surface area contributed by atoms with E-state index in [1.807, 2.05) is 0 Å². The van der Waals surface area contributed by atoms with E-state index in [9.17, 15) is 0 Å². The van der Waals surface area contributed by atoms with Crippen molar-refractivity contribution >= 4 is 16.6 Å². The first-order chi connectivity index (χ1) is 10.9. The summed E-state index contributed by atoms with van der Waals surface area (Å²) in [6, 6.07) is 7.02. The molecule has 2 aliphatic rings. The van der Waals surface area contributed by atoms with Crippen LogP contribution in [-0.2, 0) is 12.8 Å². The average Bonchev–Trinajstić information content (AvgIpc) is 2.60.